The van der Waals surface area contributed by atoms with E-state index in [1.165, 1.54) is 12.1 Å². The zero-order chi connectivity index (χ0) is 24.0. The van der Waals surface area contributed by atoms with Gasteiger partial charge in [-0.25, -0.2) is 18.6 Å². The third kappa shape index (κ3) is 7.69. The van der Waals surface area contributed by atoms with E-state index < -0.39 is 23.4 Å². The summed E-state index contributed by atoms with van der Waals surface area (Å²) in [6.07, 6.45) is 3.33. The molecule has 0 bridgehead atoms. The standard InChI is InChI=1S/C24H30F2N4O3/c1-24(2,3)33-23(32)30-19-10-8-18(9-11-19)29-22(31)20-12-17(26)14-28-21(20)27-13-15-4-6-16(25)7-5-15/h4-7,12,14,18-19H,8-11,13H2,1-3H3,(H,27,28)(H,29,31)(H,30,32). The Labute approximate surface area is 192 Å². The number of rotatable bonds is 6. The molecule has 3 N–H and O–H groups in total. The molecule has 0 saturated heterocycles. The fourth-order valence-electron chi connectivity index (χ4n) is 3.66. The molecule has 178 valence electrons. The fraction of sp³-hybridized carbons (Fsp3) is 0.458. The maximum Gasteiger partial charge on any atom is 0.407 e. The van der Waals surface area contributed by atoms with Crippen molar-refractivity contribution in [2.75, 3.05) is 5.32 Å². The number of halogens is 2. The maximum atomic E-state index is 13.8. The molecular weight excluding hydrogens is 430 g/mol. The first-order valence-corrected chi connectivity index (χ1v) is 11.0. The Morgan fingerprint density at radius 3 is 2.21 bits per heavy atom. The summed E-state index contributed by atoms with van der Waals surface area (Å²) in [6.45, 7) is 5.73. The number of ether oxygens (including phenoxy) is 1. The predicted octanol–water partition coefficient (Wildman–Crippen LogP) is 4.54. The minimum Gasteiger partial charge on any atom is -0.444 e. The van der Waals surface area contributed by atoms with E-state index in [1.807, 2.05) is 20.8 Å². The highest BCUT2D eigenvalue weighted by atomic mass is 19.1. The molecule has 7 nitrogen and oxygen atoms in total. The Morgan fingerprint density at radius 2 is 1.61 bits per heavy atom. The molecule has 0 aliphatic heterocycles. The summed E-state index contributed by atoms with van der Waals surface area (Å²) < 4.78 is 32.2. The molecular formula is C24H30F2N4O3. The van der Waals surface area contributed by atoms with Crippen LogP contribution in [-0.2, 0) is 11.3 Å². The first-order valence-electron chi connectivity index (χ1n) is 11.0. The first-order chi connectivity index (χ1) is 15.6. The fourth-order valence-corrected chi connectivity index (χ4v) is 3.66. The lowest BCUT2D eigenvalue weighted by Gasteiger charge is -2.30. The molecule has 2 amide bonds. The van der Waals surface area contributed by atoms with Crippen LogP contribution in [0.3, 0.4) is 0 Å². The highest BCUT2D eigenvalue weighted by Gasteiger charge is 2.26. The summed E-state index contributed by atoms with van der Waals surface area (Å²) in [6, 6.07) is 6.96. The van der Waals surface area contributed by atoms with Gasteiger partial charge in [-0.3, -0.25) is 4.79 Å². The molecule has 0 spiro atoms. The predicted molar refractivity (Wildman–Crippen MR) is 121 cm³/mol. The largest absolute Gasteiger partial charge is 0.444 e. The molecule has 1 aliphatic rings. The number of nitrogens with zero attached hydrogens (tertiary/aromatic N) is 1. The number of hydrogen-bond acceptors (Lipinski definition) is 5. The van der Waals surface area contributed by atoms with Gasteiger partial charge in [-0.2, -0.15) is 0 Å². The Morgan fingerprint density at radius 1 is 1.00 bits per heavy atom. The number of anilines is 1. The van der Waals surface area contributed by atoms with Crippen molar-refractivity contribution >= 4 is 17.8 Å². The lowest BCUT2D eigenvalue weighted by molar-refractivity contribution is 0.0488. The monoisotopic (exact) mass is 460 g/mol. The van der Waals surface area contributed by atoms with Gasteiger partial charge in [-0.15, -0.1) is 0 Å². The van der Waals surface area contributed by atoms with E-state index in [1.54, 1.807) is 12.1 Å². The van der Waals surface area contributed by atoms with E-state index in [2.05, 4.69) is 20.9 Å². The maximum absolute atomic E-state index is 13.8. The number of pyridine rings is 1. The first kappa shape index (κ1) is 24.4. The van der Waals surface area contributed by atoms with Crippen molar-refractivity contribution in [3.8, 4) is 0 Å². The highest BCUT2D eigenvalue weighted by molar-refractivity contribution is 5.98. The molecule has 3 rings (SSSR count). The normalized spacial score (nSPS) is 18.3. The second kappa shape index (κ2) is 10.6. The van der Waals surface area contributed by atoms with Crippen molar-refractivity contribution in [1.82, 2.24) is 15.6 Å². The van der Waals surface area contributed by atoms with Crippen LogP contribution in [0.1, 0.15) is 62.4 Å². The Hall–Kier alpha value is -3.23. The Kier molecular flexibility index (Phi) is 7.84. The molecule has 1 saturated carbocycles. The lowest BCUT2D eigenvalue weighted by atomic mass is 9.91. The summed E-state index contributed by atoms with van der Waals surface area (Å²) in [4.78, 5) is 28.8. The smallest absolute Gasteiger partial charge is 0.407 e. The molecule has 1 fully saturated rings. The molecule has 0 radical (unpaired) electrons. The topological polar surface area (TPSA) is 92.4 Å². The average Bonchev–Trinajstić information content (AvgIpc) is 2.74. The van der Waals surface area contributed by atoms with E-state index in [4.69, 9.17) is 4.74 Å². The highest BCUT2D eigenvalue weighted by Crippen LogP contribution is 2.21. The number of alkyl carbamates (subject to hydrolysis) is 1. The molecule has 0 atom stereocenters. The number of carbonyl (C=O) groups excluding carboxylic acids is 2. The van der Waals surface area contributed by atoms with Gasteiger partial charge in [0.1, 0.15) is 23.1 Å². The minimum atomic E-state index is -0.613. The molecule has 1 aliphatic carbocycles. The van der Waals surface area contributed by atoms with Crippen LogP contribution in [0.15, 0.2) is 36.5 Å². The van der Waals surface area contributed by atoms with Gasteiger partial charge in [0.25, 0.3) is 5.91 Å². The average molecular weight is 461 g/mol. The van der Waals surface area contributed by atoms with Gasteiger partial charge >= 0.3 is 6.09 Å². The van der Waals surface area contributed by atoms with Crippen LogP contribution in [-0.4, -0.2) is 34.7 Å². The molecule has 2 aromatic rings. The van der Waals surface area contributed by atoms with Crippen molar-refractivity contribution in [3.05, 3.63) is 59.3 Å². The summed E-state index contributed by atoms with van der Waals surface area (Å²) in [5.74, 6) is -1.13. The van der Waals surface area contributed by atoms with Gasteiger partial charge in [-0.1, -0.05) is 12.1 Å². The van der Waals surface area contributed by atoms with Crippen molar-refractivity contribution < 1.29 is 23.1 Å². The molecule has 33 heavy (non-hydrogen) atoms. The van der Waals surface area contributed by atoms with E-state index in [0.29, 0.717) is 32.2 Å². The van der Waals surface area contributed by atoms with Crippen LogP contribution >= 0.6 is 0 Å². The van der Waals surface area contributed by atoms with Crippen LogP contribution in [0.2, 0.25) is 0 Å². The van der Waals surface area contributed by atoms with Crippen molar-refractivity contribution in [3.63, 3.8) is 0 Å². The van der Waals surface area contributed by atoms with Crippen LogP contribution in [0, 0.1) is 11.6 Å². The molecule has 1 aromatic carbocycles. The third-order valence-corrected chi connectivity index (χ3v) is 5.26. The lowest BCUT2D eigenvalue weighted by Crippen LogP contribution is -2.45. The molecule has 0 unspecified atom stereocenters. The van der Waals surface area contributed by atoms with Gasteiger partial charge < -0.3 is 20.7 Å². The van der Waals surface area contributed by atoms with Crippen molar-refractivity contribution in [2.24, 2.45) is 0 Å². The number of hydrogen-bond donors (Lipinski definition) is 3. The number of aromatic nitrogens is 1. The van der Waals surface area contributed by atoms with E-state index >= 15 is 0 Å². The van der Waals surface area contributed by atoms with Crippen molar-refractivity contribution in [2.45, 2.75) is 70.7 Å². The Balaban J connectivity index is 1.54. The van der Waals surface area contributed by atoms with E-state index in [-0.39, 0.29) is 29.3 Å². The number of amides is 2. The SMILES string of the molecule is CC(C)(C)OC(=O)NC1CCC(NC(=O)c2cc(F)cnc2NCc2ccc(F)cc2)CC1. The van der Waals surface area contributed by atoms with Crippen LogP contribution < -0.4 is 16.0 Å². The number of benzene rings is 1. The summed E-state index contributed by atoms with van der Waals surface area (Å²) in [5.41, 5.74) is 0.340. The second-order valence-corrected chi connectivity index (χ2v) is 9.20. The zero-order valence-electron chi connectivity index (χ0n) is 19.1. The van der Waals surface area contributed by atoms with E-state index in [0.717, 1.165) is 17.8 Å². The van der Waals surface area contributed by atoms with Gasteiger partial charge in [0.2, 0.25) is 0 Å². The summed E-state index contributed by atoms with van der Waals surface area (Å²) in [5, 5.41) is 8.83. The van der Waals surface area contributed by atoms with Gasteiger partial charge in [0.05, 0.1) is 11.8 Å². The Bertz CT molecular complexity index is 969. The van der Waals surface area contributed by atoms with Gasteiger partial charge in [-0.05, 0) is 70.2 Å². The summed E-state index contributed by atoms with van der Waals surface area (Å²) in [7, 11) is 0. The molecule has 9 heteroatoms. The second-order valence-electron chi connectivity index (χ2n) is 9.20. The van der Waals surface area contributed by atoms with Crippen molar-refractivity contribution in [1.29, 1.82) is 0 Å². The number of nitrogens with one attached hydrogen (secondary N) is 3. The van der Waals surface area contributed by atoms with Gasteiger partial charge in [0.15, 0.2) is 0 Å². The van der Waals surface area contributed by atoms with Crippen LogP contribution in [0.5, 0.6) is 0 Å². The van der Waals surface area contributed by atoms with E-state index in [9.17, 15) is 18.4 Å². The third-order valence-electron chi connectivity index (χ3n) is 5.26. The quantitative estimate of drug-likeness (QED) is 0.589. The van der Waals surface area contributed by atoms with Crippen LogP contribution in [0.4, 0.5) is 19.4 Å². The summed E-state index contributed by atoms with van der Waals surface area (Å²) >= 11 is 0. The zero-order valence-corrected chi connectivity index (χ0v) is 19.1. The van der Waals surface area contributed by atoms with Crippen LogP contribution in [0.25, 0.3) is 0 Å². The number of carbonyl (C=O) groups is 2. The molecule has 1 aromatic heterocycles. The minimum absolute atomic E-state index is 0.0169. The van der Waals surface area contributed by atoms with Gasteiger partial charge in [0, 0.05) is 18.6 Å². The molecule has 1 heterocycles.